The molecule has 28 heavy (non-hydrogen) atoms. The van der Waals surface area contributed by atoms with E-state index in [0.29, 0.717) is 44.7 Å². The second kappa shape index (κ2) is 6.90. The highest BCUT2D eigenvalue weighted by atomic mass is 35.5. The van der Waals surface area contributed by atoms with Crippen molar-refractivity contribution in [1.29, 1.82) is 0 Å². The Balaban J connectivity index is 0.00000192. The predicted molar refractivity (Wildman–Crippen MR) is 113 cm³/mol. The Morgan fingerprint density at radius 2 is 1.68 bits per heavy atom. The zero-order chi connectivity index (χ0) is 18.9. The van der Waals surface area contributed by atoms with Crippen LogP contribution in [-0.2, 0) is 0 Å². The molecule has 0 aromatic heterocycles. The molecule has 0 spiro atoms. The normalized spacial score (nSPS) is 27.1. The number of nitrogen functional groups attached to an aromatic ring is 1. The van der Waals surface area contributed by atoms with Crippen LogP contribution in [0, 0.1) is 0 Å². The molecule has 0 aliphatic carbocycles. The van der Waals surface area contributed by atoms with E-state index < -0.39 is 0 Å². The third-order valence-electron chi connectivity index (χ3n) is 6.73. The maximum absolute atomic E-state index is 13.4. The highest BCUT2D eigenvalue weighted by molar-refractivity contribution is 6.37. The summed E-state index contributed by atoms with van der Waals surface area (Å²) in [6.07, 6.45) is 5.19. The van der Waals surface area contributed by atoms with Crippen LogP contribution in [0.4, 0.5) is 5.69 Å². The lowest BCUT2D eigenvalue weighted by molar-refractivity contribution is 0.0108. The Hall–Kier alpha value is -1.82. The van der Waals surface area contributed by atoms with Crippen molar-refractivity contribution in [1.82, 2.24) is 9.80 Å². The molecule has 2 fully saturated rings. The zero-order valence-electron chi connectivity index (χ0n) is 15.7. The number of carbonyl (C=O) groups is 2. The van der Waals surface area contributed by atoms with E-state index in [-0.39, 0.29) is 30.3 Å². The van der Waals surface area contributed by atoms with E-state index in [0.717, 1.165) is 25.7 Å². The first-order chi connectivity index (χ1) is 13.0. The van der Waals surface area contributed by atoms with Crippen molar-refractivity contribution >= 4 is 52.3 Å². The van der Waals surface area contributed by atoms with E-state index in [1.807, 2.05) is 12.1 Å². The number of benzene rings is 2. The van der Waals surface area contributed by atoms with Crippen LogP contribution in [0.1, 0.15) is 52.8 Å². The fourth-order valence-electron chi connectivity index (χ4n) is 5.30. The number of anilines is 1. The highest BCUT2D eigenvalue weighted by Crippen LogP contribution is 2.41. The Labute approximate surface area is 175 Å². The van der Waals surface area contributed by atoms with Gasteiger partial charge < -0.3 is 10.6 Å². The largest absolute Gasteiger partial charge is 0.397 e. The van der Waals surface area contributed by atoms with Crippen molar-refractivity contribution < 1.29 is 9.59 Å². The maximum Gasteiger partial charge on any atom is 0.261 e. The van der Waals surface area contributed by atoms with Crippen LogP contribution >= 0.6 is 24.0 Å². The van der Waals surface area contributed by atoms with Gasteiger partial charge in [0.1, 0.15) is 0 Å². The predicted octanol–water partition coefficient (Wildman–Crippen LogP) is 4.11. The van der Waals surface area contributed by atoms with Crippen LogP contribution in [-0.4, -0.2) is 46.8 Å². The SMILES string of the molecule is CN1[C@@H]2CCC[C@H]1C[C@@H](N1C(=O)c3cccc4c(N)c(Cl)cc(c34)C1=O)C2.Cl. The van der Waals surface area contributed by atoms with Gasteiger partial charge in [-0.1, -0.05) is 30.2 Å². The molecule has 3 aliphatic heterocycles. The second-order valence-corrected chi connectivity index (χ2v) is 8.46. The minimum Gasteiger partial charge on any atom is -0.397 e. The van der Waals surface area contributed by atoms with E-state index in [1.165, 1.54) is 11.3 Å². The topological polar surface area (TPSA) is 66.6 Å². The van der Waals surface area contributed by atoms with Crippen LogP contribution in [0.25, 0.3) is 10.8 Å². The zero-order valence-corrected chi connectivity index (χ0v) is 17.2. The van der Waals surface area contributed by atoms with Crippen molar-refractivity contribution in [2.45, 2.75) is 50.2 Å². The fourth-order valence-corrected chi connectivity index (χ4v) is 5.51. The number of fused-ring (bicyclic) bond motifs is 2. The summed E-state index contributed by atoms with van der Waals surface area (Å²) < 4.78 is 0. The summed E-state index contributed by atoms with van der Waals surface area (Å²) in [4.78, 5) is 30.6. The third kappa shape index (κ3) is 2.64. The van der Waals surface area contributed by atoms with Gasteiger partial charge in [0.05, 0.1) is 16.3 Å². The van der Waals surface area contributed by atoms with Gasteiger partial charge in [0, 0.05) is 34.5 Å². The summed E-state index contributed by atoms with van der Waals surface area (Å²) in [5.74, 6) is -0.439. The number of halogens is 2. The van der Waals surface area contributed by atoms with Crippen LogP contribution in [0.5, 0.6) is 0 Å². The molecule has 5 nitrogen and oxygen atoms in total. The van der Waals surface area contributed by atoms with Gasteiger partial charge in [0.15, 0.2) is 0 Å². The number of amides is 2. The summed E-state index contributed by atoms with van der Waals surface area (Å²) in [7, 11) is 2.17. The maximum atomic E-state index is 13.4. The lowest BCUT2D eigenvalue weighted by Gasteiger charge is -2.49. The Morgan fingerprint density at radius 3 is 2.36 bits per heavy atom. The van der Waals surface area contributed by atoms with E-state index in [9.17, 15) is 9.59 Å². The molecule has 3 heterocycles. The van der Waals surface area contributed by atoms with Crippen LogP contribution in [0.2, 0.25) is 5.02 Å². The minimum atomic E-state index is -0.238. The molecule has 2 saturated heterocycles. The van der Waals surface area contributed by atoms with E-state index in [2.05, 4.69) is 11.9 Å². The van der Waals surface area contributed by atoms with Crippen LogP contribution in [0.3, 0.4) is 0 Å². The molecule has 3 atom stereocenters. The van der Waals surface area contributed by atoms with Gasteiger partial charge in [-0.15, -0.1) is 12.4 Å². The smallest absolute Gasteiger partial charge is 0.261 e. The summed E-state index contributed by atoms with van der Waals surface area (Å²) >= 11 is 6.29. The molecule has 0 saturated carbocycles. The molecular weight excluding hydrogens is 397 g/mol. The van der Waals surface area contributed by atoms with Crippen molar-refractivity contribution in [2.75, 3.05) is 12.8 Å². The lowest BCUT2D eigenvalue weighted by Crippen LogP contribution is -2.58. The van der Waals surface area contributed by atoms with Crippen molar-refractivity contribution in [2.24, 2.45) is 0 Å². The molecule has 2 N–H and O–H groups in total. The Kier molecular flexibility index (Phi) is 4.81. The summed E-state index contributed by atoms with van der Waals surface area (Å²) in [5.41, 5.74) is 7.56. The van der Waals surface area contributed by atoms with Crippen molar-refractivity contribution in [3.05, 3.63) is 40.4 Å². The standard InChI is InChI=1S/C21H22ClN3O2.ClH/c1-24-11-4-2-5-12(24)9-13(8-11)25-20(26)15-7-3-6-14-18(15)16(21(25)27)10-17(22)19(14)23;/h3,6-7,10-13H,2,4-5,8-9,23H2,1H3;1H/t11-,12+,13+;. The molecule has 3 aliphatic rings. The average Bonchev–Trinajstić information content (AvgIpc) is 2.64. The molecule has 2 amide bonds. The van der Waals surface area contributed by atoms with Crippen molar-refractivity contribution in [3.8, 4) is 0 Å². The first-order valence-electron chi connectivity index (χ1n) is 9.58. The highest BCUT2D eigenvalue weighted by Gasteiger charge is 2.44. The molecule has 5 rings (SSSR count). The van der Waals surface area contributed by atoms with Gasteiger partial charge in [-0.25, -0.2) is 0 Å². The number of rotatable bonds is 1. The number of carbonyl (C=O) groups excluding carboxylic acids is 2. The van der Waals surface area contributed by atoms with Gasteiger partial charge in [-0.3, -0.25) is 14.5 Å². The number of hydrogen-bond acceptors (Lipinski definition) is 4. The summed E-state index contributed by atoms with van der Waals surface area (Å²) in [6.45, 7) is 0. The molecule has 0 unspecified atom stereocenters. The monoisotopic (exact) mass is 419 g/mol. The van der Waals surface area contributed by atoms with Gasteiger partial charge in [-0.2, -0.15) is 0 Å². The summed E-state index contributed by atoms with van der Waals surface area (Å²) in [6, 6.07) is 7.86. The molecule has 148 valence electrons. The van der Waals surface area contributed by atoms with E-state index in [4.69, 9.17) is 17.3 Å². The first-order valence-corrected chi connectivity index (χ1v) is 9.95. The molecule has 2 aromatic rings. The van der Waals surface area contributed by atoms with Gasteiger partial charge >= 0.3 is 0 Å². The van der Waals surface area contributed by atoms with E-state index >= 15 is 0 Å². The van der Waals surface area contributed by atoms with Crippen LogP contribution < -0.4 is 5.73 Å². The van der Waals surface area contributed by atoms with E-state index in [1.54, 1.807) is 12.1 Å². The first kappa shape index (κ1) is 19.5. The second-order valence-electron chi connectivity index (χ2n) is 8.06. The average molecular weight is 420 g/mol. The molecule has 2 aromatic carbocycles. The molecule has 2 bridgehead atoms. The van der Waals surface area contributed by atoms with Gasteiger partial charge in [-0.05, 0) is 44.9 Å². The number of imide groups is 1. The number of piperidine rings is 2. The van der Waals surface area contributed by atoms with Crippen molar-refractivity contribution in [3.63, 3.8) is 0 Å². The summed E-state index contributed by atoms with van der Waals surface area (Å²) in [5, 5.41) is 1.67. The van der Waals surface area contributed by atoms with Gasteiger partial charge in [0.2, 0.25) is 0 Å². The van der Waals surface area contributed by atoms with Crippen LogP contribution in [0.15, 0.2) is 24.3 Å². The number of hydrogen-bond donors (Lipinski definition) is 1. The lowest BCUT2D eigenvalue weighted by atomic mass is 9.80. The minimum absolute atomic E-state index is 0. The molecular formula is C21H23Cl2N3O2. The Bertz CT molecular complexity index is 979. The third-order valence-corrected chi connectivity index (χ3v) is 7.04. The molecule has 0 radical (unpaired) electrons. The number of nitrogens with zero attached hydrogens (tertiary/aromatic N) is 2. The molecule has 7 heteroatoms. The Morgan fingerprint density at radius 1 is 1.04 bits per heavy atom. The quantitative estimate of drug-likeness (QED) is 0.557. The fraction of sp³-hybridized carbons (Fsp3) is 0.429. The van der Waals surface area contributed by atoms with Gasteiger partial charge in [0.25, 0.3) is 11.8 Å². The number of nitrogens with two attached hydrogens (primary N) is 1.